The maximum Gasteiger partial charge on any atom is 0.0589 e. The van der Waals surface area contributed by atoms with Crippen LogP contribution in [0.5, 0.6) is 0 Å². The quantitative estimate of drug-likeness (QED) is 0.409. The van der Waals surface area contributed by atoms with Gasteiger partial charge < -0.3 is 15.3 Å². The van der Waals surface area contributed by atoms with E-state index in [0.717, 1.165) is 0 Å². The summed E-state index contributed by atoms with van der Waals surface area (Å²) in [6.07, 6.45) is 0.677. The molecule has 0 aromatic heterocycles. The molecule has 1 fully saturated rings. The first-order valence-corrected chi connectivity index (χ1v) is 3.72. The number of hydrogen-bond acceptors (Lipinski definition) is 3. The van der Waals surface area contributed by atoms with Crippen LogP contribution in [0.2, 0.25) is 0 Å². The molecular formula is C7H14O3. The molecule has 2 atom stereocenters. The highest BCUT2D eigenvalue weighted by atomic mass is 16.3. The Morgan fingerprint density at radius 1 is 0.700 bits per heavy atom. The highest BCUT2D eigenvalue weighted by molar-refractivity contribution is 4.73. The molecule has 1 aliphatic rings. The Bertz CT molecular complexity index is 93.0. The number of aliphatic hydroxyl groups is 3. The van der Waals surface area contributed by atoms with Crippen LogP contribution < -0.4 is 0 Å². The van der Waals surface area contributed by atoms with Crippen molar-refractivity contribution in [1.29, 1.82) is 0 Å². The van der Waals surface area contributed by atoms with Gasteiger partial charge in [-0.05, 0) is 25.7 Å². The molecule has 0 bridgehead atoms. The molecule has 2 unspecified atom stereocenters. The maximum absolute atomic E-state index is 9.11. The van der Waals surface area contributed by atoms with E-state index < -0.39 is 18.3 Å². The smallest absolute Gasteiger partial charge is 0.0589 e. The van der Waals surface area contributed by atoms with Crippen molar-refractivity contribution < 1.29 is 15.3 Å². The fourth-order valence-electron chi connectivity index (χ4n) is 1.34. The Labute approximate surface area is 60.3 Å². The Kier molecular flexibility index (Phi) is 2.65. The monoisotopic (exact) mass is 146 g/mol. The summed E-state index contributed by atoms with van der Waals surface area (Å²) in [5.74, 6) is 0. The summed E-state index contributed by atoms with van der Waals surface area (Å²) in [5.41, 5.74) is 0. The first-order valence-electron chi connectivity index (χ1n) is 3.72. The predicted molar refractivity (Wildman–Crippen MR) is 36.5 cm³/mol. The lowest BCUT2D eigenvalue weighted by atomic mass is 10.1. The van der Waals surface area contributed by atoms with Crippen molar-refractivity contribution in [2.24, 2.45) is 0 Å². The SMILES string of the molecule is OC1CCC(O)CC(O)C1. The van der Waals surface area contributed by atoms with Crippen LogP contribution >= 0.6 is 0 Å². The zero-order valence-corrected chi connectivity index (χ0v) is 5.90. The number of rotatable bonds is 0. The maximum atomic E-state index is 9.11. The van der Waals surface area contributed by atoms with Crippen molar-refractivity contribution in [2.75, 3.05) is 0 Å². The van der Waals surface area contributed by atoms with Crippen LogP contribution in [-0.2, 0) is 0 Å². The third kappa shape index (κ3) is 2.25. The molecule has 0 spiro atoms. The van der Waals surface area contributed by atoms with Gasteiger partial charge in [-0.25, -0.2) is 0 Å². The van der Waals surface area contributed by atoms with Gasteiger partial charge in [-0.15, -0.1) is 0 Å². The summed E-state index contributed by atoms with van der Waals surface area (Å²) in [5, 5.41) is 27.3. The topological polar surface area (TPSA) is 60.7 Å². The molecule has 3 N–H and O–H groups in total. The molecule has 1 saturated carbocycles. The Morgan fingerprint density at radius 2 is 1.10 bits per heavy atom. The summed E-state index contributed by atoms with van der Waals surface area (Å²) >= 11 is 0. The van der Waals surface area contributed by atoms with Crippen molar-refractivity contribution in [3.8, 4) is 0 Å². The van der Waals surface area contributed by atoms with E-state index in [2.05, 4.69) is 0 Å². The van der Waals surface area contributed by atoms with Gasteiger partial charge in [0, 0.05) is 0 Å². The highest BCUT2D eigenvalue weighted by Crippen LogP contribution is 2.17. The van der Waals surface area contributed by atoms with Crippen LogP contribution in [0.1, 0.15) is 25.7 Å². The van der Waals surface area contributed by atoms with Gasteiger partial charge in [0.05, 0.1) is 18.3 Å². The molecule has 0 heterocycles. The Morgan fingerprint density at radius 3 is 1.50 bits per heavy atom. The van der Waals surface area contributed by atoms with Gasteiger partial charge in [0.15, 0.2) is 0 Å². The van der Waals surface area contributed by atoms with E-state index >= 15 is 0 Å². The second-order valence-electron chi connectivity index (χ2n) is 3.01. The summed E-state index contributed by atoms with van der Waals surface area (Å²) in [4.78, 5) is 0. The average molecular weight is 146 g/mol. The molecule has 3 nitrogen and oxygen atoms in total. The fraction of sp³-hybridized carbons (Fsp3) is 1.00. The number of aliphatic hydroxyl groups excluding tert-OH is 3. The van der Waals surface area contributed by atoms with Gasteiger partial charge in [0.25, 0.3) is 0 Å². The molecule has 1 aliphatic carbocycles. The predicted octanol–water partition coefficient (Wildman–Crippen LogP) is -0.357. The van der Waals surface area contributed by atoms with Crippen molar-refractivity contribution in [3.05, 3.63) is 0 Å². The Balaban J connectivity index is 2.38. The first kappa shape index (κ1) is 7.98. The summed E-state index contributed by atoms with van der Waals surface area (Å²) in [6, 6.07) is 0. The standard InChI is InChI=1S/C7H14O3/c8-5-1-2-6(9)4-7(10)3-5/h5-10H,1-4H2. The summed E-state index contributed by atoms with van der Waals surface area (Å²) in [6.45, 7) is 0. The van der Waals surface area contributed by atoms with Crippen LogP contribution in [0.4, 0.5) is 0 Å². The third-order valence-electron chi connectivity index (χ3n) is 1.92. The molecule has 0 amide bonds. The van der Waals surface area contributed by atoms with E-state index in [1.807, 2.05) is 0 Å². The second kappa shape index (κ2) is 3.32. The van der Waals surface area contributed by atoms with Crippen LogP contribution in [0.25, 0.3) is 0 Å². The zero-order valence-electron chi connectivity index (χ0n) is 5.90. The largest absolute Gasteiger partial charge is 0.393 e. The van der Waals surface area contributed by atoms with Gasteiger partial charge in [0.2, 0.25) is 0 Å². The normalized spacial score (nSPS) is 42.9. The zero-order chi connectivity index (χ0) is 7.56. The minimum Gasteiger partial charge on any atom is -0.393 e. The van der Waals surface area contributed by atoms with Gasteiger partial charge in [-0.1, -0.05) is 0 Å². The fourth-order valence-corrected chi connectivity index (χ4v) is 1.34. The minimum atomic E-state index is -0.521. The lowest BCUT2D eigenvalue weighted by Crippen LogP contribution is -2.16. The van der Waals surface area contributed by atoms with Crippen LogP contribution in [-0.4, -0.2) is 33.6 Å². The lowest BCUT2D eigenvalue weighted by Gasteiger charge is -2.09. The second-order valence-corrected chi connectivity index (χ2v) is 3.01. The van der Waals surface area contributed by atoms with Crippen molar-refractivity contribution in [1.82, 2.24) is 0 Å². The highest BCUT2D eigenvalue weighted by Gasteiger charge is 2.21. The molecule has 10 heavy (non-hydrogen) atoms. The van der Waals surface area contributed by atoms with E-state index in [0.29, 0.717) is 25.7 Å². The van der Waals surface area contributed by atoms with Crippen molar-refractivity contribution in [3.63, 3.8) is 0 Å². The van der Waals surface area contributed by atoms with Crippen LogP contribution in [0, 0.1) is 0 Å². The molecule has 0 saturated heterocycles. The van der Waals surface area contributed by atoms with Gasteiger partial charge in [-0.3, -0.25) is 0 Å². The van der Waals surface area contributed by atoms with Gasteiger partial charge in [0.1, 0.15) is 0 Å². The van der Waals surface area contributed by atoms with Crippen LogP contribution in [0.15, 0.2) is 0 Å². The average Bonchev–Trinajstić information content (AvgIpc) is 1.93. The molecule has 0 aromatic carbocycles. The molecule has 1 rings (SSSR count). The van der Waals surface area contributed by atoms with E-state index in [9.17, 15) is 0 Å². The van der Waals surface area contributed by atoms with Crippen LogP contribution in [0.3, 0.4) is 0 Å². The first-order chi connectivity index (χ1) is 4.68. The molecule has 3 heteroatoms. The summed E-state index contributed by atoms with van der Waals surface area (Å²) in [7, 11) is 0. The Hall–Kier alpha value is -0.120. The van der Waals surface area contributed by atoms with E-state index in [1.165, 1.54) is 0 Å². The summed E-state index contributed by atoms with van der Waals surface area (Å²) < 4.78 is 0. The molecule has 0 aliphatic heterocycles. The van der Waals surface area contributed by atoms with E-state index in [1.54, 1.807) is 0 Å². The molecular weight excluding hydrogens is 132 g/mol. The van der Waals surface area contributed by atoms with E-state index in [4.69, 9.17) is 15.3 Å². The van der Waals surface area contributed by atoms with Gasteiger partial charge >= 0.3 is 0 Å². The van der Waals surface area contributed by atoms with Crippen molar-refractivity contribution >= 4 is 0 Å². The van der Waals surface area contributed by atoms with Gasteiger partial charge in [-0.2, -0.15) is 0 Å². The molecule has 60 valence electrons. The molecule has 0 aromatic rings. The molecule has 0 radical (unpaired) electrons. The lowest BCUT2D eigenvalue weighted by molar-refractivity contribution is 0.0679. The minimum absolute atomic E-state index is 0.414. The van der Waals surface area contributed by atoms with Crippen molar-refractivity contribution in [2.45, 2.75) is 44.0 Å². The third-order valence-corrected chi connectivity index (χ3v) is 1.92. The van der Waals surface area contributed by atoms with E-state index in [-0.39, 0.29) is 0 Å². The number of hydrogen-bond donors (Lipinski definition) is 3.